The van der Waals surface area contributed by atoms with Gasteiger partial charge in [0, 0.05) is 64.6 Å². The summed E-state index contributed by atoms with van der Waals surface area (Å²) in [6.45, 7) is -0.219. The van der Waals surface area contributed by atoms with Crippen molar-refractivity contribution in [3.8, 4) is 100 Å². The predicted octanol–water partition coefficient (Wildman–Crippen LogP) is 25.5. The largest absolute Gasteiger partial charge is 0.309 e. The molecule has 0 aliphatic carbocycles. The van der Waals surface area contributed by atoms with E-state index < -0.39 is 0 Å². The van der Waals surface area contributed by atoms with Gasteiger partial charge in [-0.3, -0.25) is 0 Å². The number of fused-ring (bicyclic) bond motifs is 12. The highest BCUT2D eigenvalue weighted by Crippen LogP contribution is 2.58. The van der Waals surface area contributed by atoms with Crippen LogP contribution < -0.4 is 26.2 Å². The first kappa shape index (κ1) is 58.7. The number of rotatable bonds is 11. The topological polar surface area (TPSA) is 6.48 Å². The van der Waals surface area contributed by atoms with Crippen molar-refractivity contribution < 1.29 is 0 Å². The van der Waals surface area contributed by atoms with E-state index in [0.717, 1.165) is 101 Å². The molecule has 2 aliphatic rings. The smallest absolute Gasteiger partial charge is 0.252 e. The molecule has 0 bridgehead atoms. The Kier molecular flexibility index (Phi) is 14.1. The van der Waals surface area contributed by atoms with Gasteiger partial charge < -0.3 is 9.80 Å². The first-order valence-electron chi connectivity index (χ1n) is 34.7. The summed E-state index contributed by atoms with van der Waals surface area (Å²) in [5.74, 6) is 0. The molecule has 0 unspecified atom stereocenters. The van der Waals surface area contributed by atoms with E-state index in [1.54, 1.807) is 0 Å². The van der Waals surface area contributed by atoms with Crippen LogP contribution in [0.25, 0.3) is 140 Å². The molecule has 0 radical (unpaired) electrons. The van der Waals surface area contributed by atoms with Gasteiger partial charge in [0.25, 0.3) is 6.71 Å². The SMILES string of the molecule is c1ccc(-c2cccc(-c3cccc(-c4cccc(-c5ccccc5)c4)c3N3c4cc(-c5ccccc5)cc5c4B(c4ccc6c(sc7ccccc76)c43)c3ccc4c(sc6ccccc64)c3N5c3c(-c4cccc(-c5ccccc5)c4)cccc3-c3cccc(-c4ccccc4)c3)c2)cc1. The molecule has 101 heavy (non-hydrogen) atoms. The number of hydrogen-bond donors (Lipinski definition) is 0. The maximum atomic E-state index is 2.75. The van der Waals surface area contributed by atoms with E-state index in [9.17, 15) is 0 Å². The van der Waals surface area contributed by atoms with Crippen molar-refractivity contribution in [2.45, 2.75) is 0 Å². The lowest BCUT2D eigenvalue weighted by atomic mass is 9.33. The standard InChI is InChI=1S/C96H61BN2S2/c1-6-26-62(27-7-1)67-36-20-40-71(56-67)76-46-24-47-77(72-41-21-37-68(57-72)63-28-8-2-9-29-63)91(76)98-86-60-75(66-34-14-5-15-35-66)61-87-90(86)97(84-54-52-82-80-44-16-18-50-88(80)100-95(82)93(84)98)85-55-53-83-81-45-17-19-51-89(81)101-96(83)94(85)99(87)92-78(73-42-22-38-69(58-73)64-30-10-3-11-31-64)48-25-49-79(92)74-43-23-39-70(59-74)65-32-12-4-13-33-65/h1-61H. The third-order valence-electron chi connectivity index (χ3n) is 20.8. The lowest BCUT2D eigenvalue weighted by Crippen LogP contribution is -2.61. The minimum absolute atomic E-state index is 0.219. The maximum absolute atomic E-state index is 2.75. The van der Waals surface area contributed by atoms with Crippen LogP contribution in [0.1, 0.15) is 0 Å². The van der Waals surface area contributed by atoms with Crippen molar-refractivity contribution in [1.82, 2.24) is 0 Å². The molecule has 0 spiro atoms. The number of hydrogen-bond acceptors (Lipinski definition) is 4. The highest BCUT2D eigenvalue weighted by molar-refractivity contribution is 7.27. The van der Waals surface area contributed by atoms with Crippen molar-refractivity contribution in [2.24, 2.45) is 0 Å². The molecule has 0 atom stereocenters. The molecular formula is C96H61BN2S2. The van der Waals surface area contributed by atoms with E-state index in [1.165, 1.54) is 90.4 Å². The lowest BCUT2D eigenvalue weighted by Gasteiger charge is -2.46. The molecule has 2 aromatic heterocycles. The number of para-hydroxylation sites is 2. The lowest BCUT2D eigenvalue weighted by molar-refractivity contribution is 1.27. The summed E-state index contributed by atoms with van der Waals surface area (Å²) in [4.78, 5) is 5.51. The Morgan fingerprint density at radius 1 is 0.198 bits per heavy atom. The number of anilines is 6. The highest BCUT2D eigenvalue weighted by Gasteiger charge is 2.47. The summed E-state index contributed by atoms with van der Waals surface area (Å²) in [5.41, 5.74) is 31.4. The van der Waals surface area contributed by atoms with E-state index in [1.807, 2.05) is 22.7 Å². The molecule has 4 heterocycles. The molecule has 0 saturated carbocycles. The van der Waals surface area contributed by atoms with Crippen LogP contribution in [0.4, 0.5) is 34.1 Å². The van der Waals surface area contributed by atoms with E-state index in [0.29, 0.717) is 0 Å². The number of thiophene rings is 2. The van der Waals surface area contributed by atoms with Gasteiger partial charge in [0.1, 0.15) is 0 Å². The fourth-order valence-corrected chi connectivity index (χ4v) is 18.8. The maximum Gasteiger partial charge on any atom is 0.252 e. The molecule has 2 nitrogen and oxygen atoms in total. The fraction of sp³-hybridized carbons (Fsp3) is 0. The molecule has 5 heteroatoms. The zero-order valence-electron chi connectivity index (χ0n) is 55.0. The highest BCUT2D eigenvalue weighted by atomic mass is 32.1. The van der Waals surface area contributed by atoms with E-state index in [2.05, 4.69) is 380 Å². The average Bonchev–Trinajstić information content (AvgIpc) is 1.64. The first-order valence-corrected chi connectivity index (χ1v) is 36.4. The Morgan fingerprint density at radius 2 is 0.475 bits per heavy atom. The number of nitrogens with zero attached hydrogens (tertiary/aromatic N) is 2. The fourth-order valence-electron chi connectivity index (χ4n) is 16.3. The average molecular weight is 1320 g/mol. The normalized spacial score (nSPS) is 12.3. The van der Waals surface area contributed by atoms with Crippen LogP contribution in [0.2, 0.25) is 0 Å². The van der Waals surface area contributed by atoms with Gasteiger partial charge in [-0.1, -0.05) is 322 Å². The van der Waals surface area contributed by atoms with Gasteiger partial charge in [0.15, 0.2) is 0 Å². The summed E-state index contributed by atoms with van der Waals surface area (Å²) < 4.78 is 5.04. The zero-order chi connectivity index (χ0) is 66.5. The van der Waals surface area contributed by atoms with Crippen LogP contribution >= 0.6 is 22.7 Å². The minimum Gasteiger partial charge on any atom is -0.309 e. The molecular weight excluding hydrogens is 1260 g/mol. The van der Waals surface area contributed by atoms with Crippen molar-refractivity contribution >= 4 is 120 Å². The summed E-state index contributed by atoms with van der Waals surface area (Å²) in [6, 6.07) is 139. The molecule has 16 aromatic carbocycles. The van der Waals surface area contributed by atoms with Crippen LogP contribution in [0.5, 0.6) is 0 Å². The van der Waals surface area contributed by atoms with Gasteiger partial charge in [-0.05, 0) is 143 Å². The van der Waals surface area contributed by atoms with Crippen molar-refractivity contribution in [3.63, 3.8) is 0 Å². The van der Waals surface area contributed by atoms with Crippen molar-refractivity contribution in [1.29, 1.82) is 0 Å². The summed E-state index contributed by atoms with van der Waals surface area (Å²) in [5, 5.41) is 5.02. The van der Waals surface area contributed by atoms with E-state index in [-0.39, 0.29) is 6.71 Å². The van der Waals surface area contributed by atoms with Gasteiger partial charge >= 0.3 is 0 Å². The molecule has 470 valence electrons. The van der Waals surface area contributed by atoms with Gasteiger partial charge in [0.2, 0.25) is 0 Å². The van der Waals surface area contributed by atoms with Gasteiger partial charge in [-0.25, -0.2) is 0 Å². The Labute approximate surface area is 596 Å². The Balaban J connectivity index is 0.962. The van der Waals surface area contributed by atoms with Crippen LogP contribution in [0, 0.1) is 0 Å². The van der Waals surface area contributed by atoms with Crippen LogP contribution in [-0.2, 0) is 0 Å². The molecule has 0 saturated heterocycles. The zero-order valence-corrected chi connectivity index (χ0v) is 56.6. The second kappa shape index (κ2) is 24.3. The molecule has 20 rings (SSSR count). The molecule has 0 N–H and O–H groups in total. The Morgan fingerprint density at radius 3 is 0.812 bits per heavy atom. The second-order valence-corrected chi connectivity index (χ2v) is 28.6. The molecule has 0 fully saturated rings. The molecule has 0 amide bonds. The Bertz CT molecular complexity index is 5720. The molecule has 2 aliphatic heterocycles. The first-order chi connectivity index (χ1) is 50.1. The quantitative estimate of drug-likeness (QED) is 0.119. The van der Waals surface area contributed by atoms with Gasteiger partial charge in [0.05, 0.1) is 32.1 Å². The summed E-state index contributed by atoms with van der Waals surface area (Å²) >= 11 is 3.84. The second-order valence-electron chi connectivity index (χ2n) is 26.5. The predicted molar refractivity (Wildman–Crippen MR) is 435 cm³/mol. The van der Waals surface area contributed by atoms with E-state index >= 15 is 0 Å². The van der Waals surface area contributed by atoms with Crippen molar-refractivity contribution in [3.05, 3.63) is 370 Å². The third kappa shape index (κ3) is 9.83. The summed E-state index contributed by atoms with van der Waals surface area (Å²) in [6.07, 6.45) is 0. The number of benzene rings is 16. The van der Waals surface area contributed by atoms with Crippen molar-refractivity contribution in [2.75, 3.05) is 9.80 Å². The van der Waals surface area contributed by atoms with E-state index in [4.69, 9.17) is 0 Å². The monoisotopic (exact) mass is 1320 g/mol. The Hall–Kier alpha value is -12.4. The summed E-state index contributed by atoms with van der Waals surface area (Å²) in [7, 11) is 0. The molecule has 18 aromatic rings. The van der Waals surface area contributed by atoms with Crippen LogP contribution in [-0.4, -0.2) is 6.71 Å². The van der Waals surface area contributed by atoms with Gasteiger partial charge in [-0.2, -0.15) is 0 Å². The van der Waals surface area contributed by atoms with Crippen LogP contribution in [0.15, 0.2) is 370 Å². The third-order valence-corrected chi connectivity index (χ3v) is 23.2. The van der Waals surface area contributed by atoms with Gasteiger partial charge in [-0.15, -0.1) is 22.7 Å². The van der Waals surface area contributed by atoms with Crippen LogP contribution in [0.3, 0.4) is 0 Å². The minimum atomic E-state index is -0.219.